The molecule has 0 saturated carbocycles. The lowest BCUT2D eigenvalue weighted by Gasteiger charge is -2.22. The number of aryl methyl sites for hydroxylation is 1. The van der Waals surface area contributed by atoms with Crippen molar-refractivity contribution in [2.24, 2.45) is 0 Å². The standard InChI is InChI=1S/C17H19BrN2/c1-20(2)17-6-4-3-5-16(17)19-15-10-7-12-11-13(18)8-9-14(12)15/h3-6,8-9,11,15,19H,7,10H2,1-2H3. The second kappa shape index (κ2) is 5.49. The van der Waals surface area contributed by atoms with Crippen molar-refractivity contribution in [1.29, 1.82) is 0 Å². The van der Waals surface area contributed by atoms with Gasteiger partial charge >= 0.3 is 0 Å². The summed E-state index contributed by atoms with van der Waals surface area (Å²) in [6.07, 6.45) is 2.31. The molecular weight excluding hydrogens is 312 g/mol. The highest BCUT2D eigenvalue weighted by Gasteiger charge is 2.23. The Hall–Kier alpha value is -1.48. The molecule has 0 aromatic heterocycles. The van der Waals surface area contributed by atoms with Crippen LogP contribution in [0.4, 0.5) is 11.4 Å². The van der Waals surface area contributed by atoms with Gasteiger partial charge < -0.3 is 10.2 Å². The van der Waals surface area contributed by atoms with Gasteiger partial charge in [0.15, 0.2) is 0 Å². The van der Waals surface area contributed by atoms with Crippen molar-refractivity contribution < 1.29 is 0 Å². The number of nitrogens with one attached hydrogen (secondary N) is 1. The molecule has 0 bridgehead atoms. The molecule has 3 rings (SSSR count). The Morgan fingerprint density at radius 1 is 1.15 bits per heavy atom. The molecule has 0 aliphatic heterocycles. The molecule has 0 fully saturated rings. The van der Waals surface area contributed by atoms with Gasteiger partial charge in [-0.1, -0.05) is 34.1 Å². The molecule has 1 aliphatic rings. The van der Waals surface area contributed by atoms with E-state index >= 15 is 0 Å². The van der Waals surface area contributed by atoms with Crippen LogP contribution < -0.4 is 10.2 Å². The number of anilines is 2. The van der Waals surface area contributed by atoms with Gasteiger partial charge in [0.05, 0.1) is 17.4 Å². The Kier molecular flexibility index (Phi) is 3.70. The largest absolute Gasteiger partial charge is 0.377 e. The molecule has 1 N–H and O–H groups in total. The van der Waals surface area contributed by atoms with Gasteiger partial charge in [0, 0.05) is 18.6 Å². The number of hydrogen-bond donors (Lipinski definition) is 1. The molecule has 2 aromatic carbocycles. The van der Waals surface area contributed by atoms with E-state index in [1.165, 1.54) is 27.0 Å². The second-order valence-corrected chi connectivity index (χ2v) is 6.41. The third-order valence-electron chi connectivity index (χ3n) is 3.90. The molecule has 1 atom stereocenters. The number of benzene rings is 2. The van der Waals surface area contributed by atoms with Gasteiger partial charge in [-0.15, -0.1) is 0 Å². The van der Waals surface area contributed by atoms with Gasteiger partial charge in [-0.25, -0.2) is 0 Å². The zero-order valence-electron chi connectivity index (χ0n) is 11.9. The summed E-state index contributed by atoms with van der Waals surface area (Å²) in [6, 6.07) is 15.5. The van der Waals surface area contributed by atoms with Crippen LogP contribution in [-0.4, -0.2) is 14.1 Å². The molecule has 0 radical (unpaired) electrons. The maximum Gasteiger partial charge on any atom is 0.0596 e. The van der Waals surface area contributed by atoms with Crippen LogP contribution in [0, 0.1) is 0 Å². The van der Waals surface area contributed by atoms with E-state index in [2.05, 4.69) is 82.7 Å². The maximum absolute atomic E-state index is 3.71. The first-order chi connectivity index (χ1) is 9.65. The number of para-hydroxylation sites is 2. The molecule has 1 aliphatic carbocycles. The van der Waals surface area contributed by atoms with Gasteiger partial charge in [-0.05, 0) is 48.2 Å². The number of fused-ring (bicyclic) bond motifs is 1. The van der Waals surface area contributed by atoms with Crippen LogP contribution in [0.1, 0.15) is 23.6 Å². The first-order valence-electron chi connectivity index (χ1n) is 6.96. The van der Waals surface area contributed by atoms with Crippen molar-refractivity contribution in [1.82, 2.24) is 0 Å². The second-order valence-electron chi connectivity index (χ2n) is 5.49. The molecule has 2 nitrogen and oxygen atoms in total. The molecule has 20 heavy (non-hydrogen) atoms. The fourth-order valence-electron chi connectivity index (χ4n) is 2.91. The topological polar surface area (TPSA) is 15.3 Å². The summed E-state index contributed by atoms with van der Waals surface area (Å²) in [7, 11) is 4.17. The zero-order valence-corrected chi connectivity index (χ0v) is 13.4. The first-order valence-corrected chi connectivity index (χ1v) is 7.75. The molecule has 1 unspecified atom stereocenters. The normalized spacial score (nSPS) is 16.9. The van der Waals surface area contributed by atoms with Crippen LogP contribution in [-0.2, 0) is 6.42 Å². The lowest BCUT2D eigenvalue weighted by molar-refractivity contribution is 0.761. The molecular formula is C17H19BrN2. The zero-order chi connectivity index (χ0) is 14.1. The highest BCUT2D eigenvalue weighted by molar-refractivity contribution is 9.10. The van der Waals surface area contributed by atoms with E-state index in [9.17, 15) is 0 Å². The van der Waals surface area contributed by atoms with Crippen molar-refractivity contribution in [2.45, 2.75) is 18.9 Å². The summed E-state index contributed by atoms with van der Waals surface area (Å²) in [4.78, 5) is 2.15. The van der Waals surface area contributed by atoms with E-state index < -0.39 is 0 Å². The van der Waals surface area contributed by atoms with Crippen LogP contribution in [0.5, 0.6) is 0 Å². The smallest absolute Gasteiger partial charge is 0.0596 e. The molecule has 0 saturated heterocycles. The molecule has 3 heteroatoms. The van der Waals surface area contributed by atoms with Crippen molar-refractivity contribution in [3.63, 3.8) is 0 Å². The van der Waals surface area contributed by atoms with Crippen LogP contribution >= 0.6 is 15.9 Å². The maximum atomic E-state index is 3.71. The van der Waals surface area contributed by atoms with E-state index in [0.717, 1.165) is 12.8 Å². The highest BCUT2D eigenvalue weighted by atomic mass is 79.9. The average Bonchev–Trinajstić information content (AvgIpc) is 2.81. The van der Waals surface area contributed by atoms with Gasteiger partial charge in [-0.2, -0.15) is 0 Å². The van der Waals surface area contributed by atoms with Gasteiger partial charge in [0.2, 0.25) is 0 Å². The van der Waals surface area contributed by atoms with E-state index in [1.54, 1.807) is 0 Å². The van der Waals surface area contributed by atoms with E-state index in [0.29, 0.717) is 6.04 Å². The van der Waals surface area contributed by atoms with Crippen molar-refractivity contribution in [2.75, 3.05) is 24.3 Å². The Labute approximate surface area is 128 Å². The number of nitrogens with zero attached hydrogens (tertiary/aromatic N) is 1. The molecule has 0 amide bonds. The summed E-state index contributed by atoms with van der Waals surface area (Å²) in [5.41, 5.74) is 5.33. The summed E-state index contributed by atoms with van der Waals surface area (Å²) in [6.45, 7) is 0. The third kappa shape index (κ3) is 2.55. The lowest BCUT2D eigenvalue weighted by atomic mass is 10.1. The SMILES string of the molecule is CN(C)c1ccccc1NC1CCc2cc(Br)ccc21. The highest BCUT2D eigenvalue weighted by Crippen LogP contribution is 2.37. The fraction of sp³-hybridized carbons (Fsp3) is 0.294. The van der Waals surface area contributed by atoms with Gasteiger partial charge in [0.1, 0.15) is 0 Å². The summed E-state index contributed by atoms with van der Waals surface area (Å²) >= 11 is 3.56. The predicted molar refractivity (Wildman–Crippen MR) is 89.6 cm³/mol. The minimum absolute atomic E-state index is 0.416. The van der Waals surface area contributed by atoms with Crippen LogP contribution in [0.2, 0.25) is 0 Å². The fourth-order valence-corrected chi connectivity index (χ4v) is 3.32. The monoisotopic (exact) mass is 330 g/mol. The quantitative estimate of drug-likeness (QED) is 0.883. The summed E-state index contributed by atoms with van der Waals surface area (Å²) in [5.74, 6) is 0. The Bertz CT molecular complexity index is 622. The van der Waals surface area contributed by atoms with E-state index in [-0.39, 0.29) is 0 Å². The Morgan fingerprint density at radius 3 is 2.75 bits per heavy atom. The summed E-state index contributed by atoms with van der Waals surface area (Å²) < 4.78 is 1.17. The minimum Gasteiger partial charge on any atom is -0.377 e. The molecule has 104 valence electrons. The molecule has 2 aromatic rings. The van der Waals surface area contributed by atoms with Crippen molar-refractivity contribution >= 4 is 27.3 Å². The number of halogens is 1. The Morgan fingerprint density at radius 2 is 1.95 bits per heavy atom. The van der Waals surface area contributed by atoms with Gasteiger partial charge in [0.25, 0.3) is 0 Å². The number of rotatable bonds is 3. The van der Waals surface area contributed by atoms with Crippen molar-refractivity contribution in [3.05, 3.63) is 58.1 Å². The van der Waals surface area contributed by atoms with E-state index in [1.807, 2.05) is 0 Å². The minimum atomic E-state index is 0.416. The first kappa shape index (κ1) is 13.5. The molecule has 0 heterocycles. The summed E-state index contributed by atoms with van der Waals surface area (Å²) in [5, 5.41) is 3.71. The third-order valence-corrected chi connectivity index (χ3v) is 4.39. The Balaban J connectivity index is 1.88. The van der Waals surface area contributed by atoms with Crippen LogP contribution in [0.3, 0.4) is 0 Å². The molecule has 0 spiro atoms. The van der Waals surface area contributed by atoms with Gasteiger partial charge in [-0.3, -0.25) is 0 Å². The lowest BCUT2D eigenvalue weighted by Crippen LogP contribution is -2.14. The van der Waals surface area contributed by atoms with E-state index in [4.69, 9.17) is 0 Å². The van der Waals surface area contributed by atoms with Crippen molar-refractivity contribution in [3.8, 4) is 0 Å². The predicted octanol–water partition coefficient (Wildman–Crippen LogP) is 4.61. The van der Waals surface area contributed by atoms with Crippen LogP contribution in [0.15, 0.2) is 46.9 Å². The average molecular weight is 331 g/mol. The number of hydrogen-bond acceptors (Lipinski definition) is 2. The van der Waals surface area contributed by atoms with Crippen LogP contribution in [0.25, 0.3) is 0 Å².